The van der Waals surface area contributed by atoms with Gasteiger partial charge < -0.3 is 15.0 Å². The Bertz CT molecular complexity index is 882. The predicted molar refractivity (Wildman–Crippen MR) is 90.0 cm³/mol. The largest absolute Gasteiger partial charge is 0.496 e. The minimum absolute atomic E-state index is 0.0816. The Balaban J connectivity index is 1.53. The highest BCUT2D eigenvalue weighted by Crippen LogP contribution is 2.30. The normalized spacial score (nSPS) is 16.3. The molecule has 0 bridgehead atoms. The summed E-state index contributed by atoms with van der Waals surface area (Å²) in [6, 6.07) is 15.7. The van der Waals surface area contributed by atoms with Crippen LogP contribution in [0.4, 0.5) is 0 Å². The summed E-state index contributed by atoms with van der Waals surface area (Å²) in [6.07, 6.45) is 1.70. The monoisotopic (exact) mass is 306 g/mol. The zero-order chi connectivity index (χ0) is 15.8. The molecule has 0 saturated heterocycles. The van der Waals surface area contributed by atoms with E-state index in [2.05, 4.69) is 28.5 Å². The number of H-pyrrole nitrogens is 1. The van der Waals surface area contributed by atoms with E-state index in [1.54, 1.807) is 19.2 Å². The average Bonchev–Trinajstić information content (AvgIpc) is 3.11. The van der Waals surface area contributed by atoms with Gasteiger partial charge in [-0.25, -0.2) is 0 Å². The number of fused-ring (bicyclic) bond motifs is 3. The number of ether oxygens (including phenoxy) is 1. The zero-order valence-corrected chi connectivity index (χ0v) is 12.9. The molecule has 116 valence electrons. The summed E-state index contributed by atoms with van der Waals surface area (Å²) in [6.45, 7) is 0. The molecule has 1 aliphatic carbocycles. The molecule has 1 aromatic heterocycles. The van der Waals surface area contributed by atoms with Crippen molar-refractivity contribution in [2.75, 3.05) is 7.11 Å². The lowest BCUT2D eigenvalue weighted by Gasteiger charge is -2.14. The first-order chi connectivity index (χ1) is 11.3. The Morgan fingerprint density at radius 3 is 2.78 bits per heavy atom. The van der Waals surface area contributed by atoms with Crippen LogP contribution in [0.1, 0.15) is 21.6 Å². The Morgan fingerprint density at radius 1 is 1.13 bits per heavy atom. The number of amides is 1. The first kappa shape index (κ1) is 13.9. The van der Waals surface area contributed by atoms with Gasteiger partial charge in [-0.05, 0) is 30.2 Å². The van der Waals surface area contributed by atoms with Gasteiger partial charge in [0, 0.05) is 29.1 Å². The maximum atomic E-state index is 12.5. The van der Waals surface area contributed by atoms with Gasteiger partial charge in [0.15, 0.2) is 0 Å². The van der Waals surface area contributed by atoms with Crippen LogP contribution in [0, 0.1) is 0 Å². The number of aromatic amines is 1. The summed E-state index contributed by atoms with van der Waals surface area (Å²) in [7, 11) is 1.58. The summed E-state index contributed by atoms with van der Waals surface area (Å²) in [5.74, 6) is 0.522. The molecule has 1 heterocycles. The number of hydrogen-bond donors (Lipinski definition) is 2. The highest BCUT2D eigenvalue weighted by atomic mass is 16.5. The maximum Gasteiger partial charge on any atom is 0.255 e. The van der Waals surface area contributed by atoms with Crippen molar-refractivity contribution >= 4 is 16.8 Å². The van der Waals surface area contributed by atoms with Crippen LogP contribution in [0.3, 0.4) is 0 Å². The fourth-order valence-electron chi connectivity index (χ4n) is 3.43. The second-order valence-electron chi connectivity index (χ2n) is 5.91. The summed E-state index contributed by atoms with van der Waals surface area (Å²) in [4.78, 5) is 16.0. The van der Waals surface area contributed by atoms with E-state index in [1.165, 1.54) is 22.2 Å². The fourth-order valence-corrected chi connectivity index (χ4v) is 3.43. The van der Waals surface area contributed by atoms with Gasteiger partial charge in [0.25, 0.3) is 5.91 Å². The van der Waals surface area contributed by atoms with E-state index >= 15 is 0 Å². The van der Waals surface area contributed by atoms with Gasteiger partial charge in [0.05, 0.1) is 12.7 Å². The number of carbonyl (C=O) groups excluding carboxylic acids is 1. The number of methoxy groups -OCH3 is 1. The standard InChI is InChI=1S/C19H18N2O2/c1-23-18-9-5-3-7-14(18)19(22)20-12-10-15-13-6-2-4-8-16(13)21-17(15)11-12/h2-9,12,21H,10-11H2,1H3,(H,20,22). The molecule has 0 aliphatic heterocycles. The second-order valence-corrected chi connectivity index (χ2v) is 5.91. The summed E-state index contributed by atoms with van der Waals surface area (Å²) in [5, 5.41) is 4.39. The van der Waals surface area contributed by atoms with Crippen molar-refractivity contribution < 1.29 is 9.53 Å². The number of benzene rings is 2. The van der Waals surface area contributed by atoms with Crippen molar-refractivity contribution in [1.82, 2.24) is 10.3 Å². The van der Waals surface area contributed by atoms with Gasteiger partial charge in [-0.2, -0.15) is 0 Å². The molecule has 0 fully saturated rings. The molecule has 1 aliphatic rings. The molecular formula is C19H18N2O2. The molecule has 1 amide bonds. The molecule has 3 aromatic rings. The van der Waals surface area contributed by atoms with E-state index in [9.17, 15) is 4.79 Å². The second kappa shape index (κ2) is 5.47. The van der Waals surface area contributed by atoms with Gasteiger partial charge in [0.2, 0.25) is 0 Å². The van der Waals surface area contributed by atoms with E-state index in [4.69, 9.17) is 4.74 Å². The number of aromatic nitrogens is 1. The molecule has 23 heavy (non-hydrogen) atoms. The van der Waals surface area contributed by atoms with Crippen LogP contribution in [0.25, 0.3) is 10.9 Å². The highest BCUT2D eigenvalue weighted by molar-refractivity contribution is 5.97. The molecule has 4 nitrogen and oxygen atoms in total. The Labute approximate surface area is 134 Å². The number of nitrogens with one attached hydrogen (secondary N) is 2. The molecule has 4 rings (SSSR count). The van der Waals surface area contributed by atoms with Gasteiger partial charge in [-0.3, -0.25) is 4.79 Å². The van der Waals surface area contributed by atoms with Crippen LogP contribution in [0.15, 0.2) is 48.5 Å². The topological polar surface area (TPSA) is 54.1 Å². The third-order valence-electron chi connectivity index (χ3n) is 4.49. The minimum atomic E-state index is -0.0816. The summed E-state index contributed by atoms with van der Waals surface area (Å²) < 4.78 is 5.27. The van der Waals surface area contributed by atoms with Crippen LogP contribution in [0.2, 0.25) is 0 Å². The van der Waals surface area contributed by atoms with Crippen LogP contribution >= 0.6 is 0 Å². The van der Waals surface area contributed by atoms with E-state index in [1.807, 2.05) is 18.2 Å². The zero-order valence-electron chi connectivity index (χ0n) is 12.9. The van der Waals surface area contributed by atoms with Crippen LogP contribution in [0.5, 0.6) is 5.75 Å². The molecule has 0 spiro atoms. The summed E-state index contributed by atoms with van der Waals surface area (Å²) >= 11 is 0. The predicted octanol–water partition coefficient (Wildman–Crippen LogP) is 3.07. The van der Waals surface area contributed by atoms with Crippen molar-refractivity contribution in [3.05, 3.63) is 65.4 Å². The lowest BCUT2D eigenvalue weighted by atomic mass is 10.1. The van der Waals surface area contributed by atoms with E-state index < -0.39 is 0 Å². The smallest absolute Gasteiger partial charge is 0.255 e. The number of rotatable bonds is 3. The molecule has 1 unspecified atom stereocenters. The van der Waals surface area contributed by atoms with E-state index in [0.717, 1.165) is 12.8 Å². The van der Waals surface area contributed by atoms with Crippen molar-refractivity contribution in [2.45, 2.75) is 18.9 Å². The van der Waals surface area contributed by atoms with Crippen LogP contribution in [-0.2, 0) is 12.8 Å². The quantitative estimate of drug-likeness (QED) is 0.781. The molecule has 2 N–H and O–H groups in total. The maximum absolute atomic E-state index is 12.5. The first-order valence-corrected chi connectivity index (χ1v) is 7.78. The number of para-hydroxylation sites is 2. The molecule has 0 saturated carbocycles. The van der Waals surface area contributed by atoms with Crippen LogP contribution in [-0.4, -0.2) is 24.0 Å². The highest BCUT2D eigenvalue weighted by Gasteiger charge is 2.27. The number of hydrogen-bond acceptors (Lipinski definition) is 2. The Morgan fingerprint density at radius 2 is 1.91 bits per heavy atom. The minimum Gasteiger partial charge on any atom is -0.496 e. The summed E-state index contributed by atoms with van der Waals surface area (Å²) in [5.41, 5.74) is 4.31. The Kier molecular flexibility index (Phi) is 3.30. The van der Waals surface area contributed by atoms with E-state index in [-0.39, 0.29) is 11.9 Å². The molecule has 0 radical (unpaired) electrons. The molecular weight excluding hydrogens is 288 g/mol. The Hall–Kier alpha value is -2.75. The van der Waals surface area contributed by atoms with Gasteiger partial charge >= 0.3 is 0 Å². The van der Waals surface area contributed by atoms with Crippen LogP contribution < -0.4 is 10.1 Å². The SMILES string of the molecule is COc1ccccc1C(=O)NC1Cc2[nH]c3ccccc3c2C1. The van der Waals surface area contributed by atoms with E-state index in [0.29, 0.717) is 11.3 Å². The third kappa shape index (κ3) is 2.36. The van der Waals surface area contributed by atoms with Gasteiger partial charge in [0.1, 0.15) is 5.75 Å². The van der Waals surface area contributed by atoms with Crippen molar-refractivity contribution in [1.29, 1.82) is 0 Å². The average molecular weight is 306 g/mol. The molecule has 1 atom stereocenters. The van der Waals surface area contributed by atoms with Crippen molar-refractivity contribution in [2.24, 2.45) is 0 Å². The van der Waals surface area contributed by atoms with Gasteiger partial charge in [-0.1, -0.05) is 30.3 Å². The van der Waals surface area contributed by atoms with Crippen molar-refractivity contribution in [3.8, 4) is 5.75 Å². The fraction of sp³-hybridized carbons (Fsp3) is 0.211. The number of carbonyl (C=O) groups is 1. The van der Waals surface area contributed by atoms with Gasteiger partial charge in [-0.15, -0.1) is 0 Å². The van der Waals surface area contributed by atoms with Crippen molar-refractivity contribution in [3.63, 3.8) is 0 Å². The molecule has 2 aromatic carbocycles. The lowest BCUT2D eigenvalue weighted by molar-refractivity contribution is 0.0935. The first-order valence-electron chi connectivity index (χ1n) is 7.78. The lowest BCUT2D eigenvalue weighted by Crippen LogP contribution is -2.35. The molecule has 4 heteroatoms. The third-order valence-corrected chi connectivity index (χ3v) is 4.49.